The van der Waals surface area contributed by atoms with E-state index in [1.807, 2.05) is 16.7 Å². The maximum absolute atomic E-state index is 12.9. The van der Waals surface area contributed by atoms with Crippen LogP contribution in [-0.4, -0.2) is 35.7 Å². The molecule has 3 rings (SSSR count). The molecule has 2 aromatic rings. The second kappa shape index (κ2) is 6.89. The molecule has 0 saturated carbocycles. The Kier molecular flexibility index (Phi) is 4.80. The van der Waals surface area contributed by atoms with Crippen LogP contribution in [0.5, 0.6) is 0 Å². The van der Waals surface area contributed by atoms with Gasteiger partial charge in [0.1, 0.15) is 5.82 Å². The number of nitrogens with one attached hydrogen (secondary N) is 1. The highest BCUT2D eigenvalue weighted by Gasteiger charge is 2.31. The molecule has 1 aliphatic rings. The van der Waals surface area contributed by atoms with Gasteiger partial charge in [-0.1, -0.05) is 6.07 Å². The van der Waals surface area contributed by atoms with E-state index in [0.29, 0.717) is 44.2 Å². The fourth-order valence-corrected chi connectivity index (χ4v) is 3.15. The van der Waals surface area contributed by atoms with Gasteiger partial charge in [-0.05, 0) is 25.1 Å². The Morgan fingerprint density at radius 3 is 2.31 bits per heavy atom. The van der Waals surface area contributed by atoms with Crippen molar-refractivity contribution in [2.75, 3.05) is 36.0 Å². The topological polar surface area (TPSA) is 61.3 Å². The Bertz CT molecular complexity index is 896. The Balaban J connectivity index is 1.79. The van der Waals surface area contributed by atoms with Gasteiger partial charge in [0.2, 0.25) is 0 Å². The zero-order chi connectivity index (χ0) is 18.9. The van der Waals surface area contributed by atoms with E-state index in [4.69, 9.17) is 0 Å². The molecule has 2 heterocycles. The number of aromatic nitrogens is 2. The van der Waals surface area contributed by atoms with Crippen LogP contribution < -0.4 is 21.0 Å². The lowest BCUT2D eigenvalue weighted by atomic mass is 10.1. The fourth-order valence-electron chi connectivity index (χ4n) is 3.15. The number of piperazine rings is 1. The van der Waals surface area contributed by atoms with Crippen LogP contribution in [0, 0.1) is 0 Å². The second-order valence-electron chi connectivity index (χ2n) is 6.06. The van der Waals surface area contributed by atoms with Crippen molar-refractivity contribution in [3.8, 4) is 0 Å². The molecule has 0 spiro atoms. The molecule has 0 aliphatic carbocycles. The normalized spacial score (nSPS) is 15.4. The van der Waals surface area contributed by atoms with Gasteiger partial charge >= 0.3 is 11.9 Å². The summed E-state index contributed by atoms with van der Waals surface area (Å²) in [5.41, 5.74) is -1.09. The number of anilines is 2. The maximum Gasteiger partial charge on any atom is 0.416 e. The Morgan fingerprint density at radius 1 is 1.04 bits per heavy atom. The first kappa shape index (κ1) is 18.1. The summed E-state index contributed by atoms with van der Waals surface area (Å²) in [6.45, 7) is 4.21. The number of rotatable bonds is 3. The average molecular weight is 368 g/mol. The lowest BCUT2D eigenvalue weighted by Crippen LogP contribution is -2.48. The summed E-state index contributed by atoms with van der Waals surface area (Å²) < 4.78 is 40.1. The standard InChI is InChI=1S/C17H19F3N4O2/c1-2-24-15(11-14(25)21-16(24)26)23-8-6-22(7-9-23)13-5-3-4-12(10-13)17(18,19)20/h3-5,10-11H,2,6-9H2,1H3,(H,21,25,26). The predicted molar refractivity (Wildman–Crippen MR) is 92.9 cm³/mol. The van der Waals surface area contributed by atoms with E-state index in [1.54, 1.807) is 6.07 Å². The molecular formula is C17H19F3N4O2. The van der Waals surface area contributed by atoms with Crippen LogP contribution >= 0.6 is 0 Å². The minimum atomic E-state index is -4.37. The average Bonchev–Trinajstić information content (AvgIpc) is 2.61. The van der Waals surface area contributed by atoms with Crippen LogP contribution in [0.25, 0.3) is 0 Å². The van der Waals surface area contributed by atoms with E-state index in [0.717, 1.165) is 12.1 Å². The SMILES string of the molecule is CCn1c(N2CCN(c3cccc(C(F)(F)F)c3)CC2)cc(=O)[nH]c1=O. The number of nitrogens with zero attached hydrogens (tertiary/aromatic N) is 3. The molecule has 140 valence electrons. The van der Waals surface area contributed by atoms with Crippen molar-refractivity contribution in [3.05, 3.63) is 56.7 Å². The molecule has 1 aliphatic heterocycles. The lowest BCUT2D eigenvalue weighted by Gasteiger charge is -2.38. The van der Waals surface area contributed by atoms with Crippen molar-refractivity contribution in [1.29, 1.82) is 0 Å². The van der Waals surface area contributed by atoms with E-state index in [2.05, 4.69) is 4.98 Å². The highest BCUT2D eigenvalue weighted by Crippen LogP contribution is 2.32. The molecule has 0 amide bonds. The zero-order valence-corrected chi connectivity index (χ0v) is 14.2. The number of H-pyrrole nitrogens is 1. The van der Waals surface area contributed by atoms with Gasteiger partial charge in [0, 0.05) is 44.5 Å². The highest BCUT2D eigenvalue weighted by atomic mass is 19.4. The summed E-state index contributed by atoms with van der Waals surface area (Å²) in [7, 11) is 0. The van der Waals surface area contributed by atoms with Crippen molar-refractivity contribution < 1.29 is 13.2 Å². The summed E-state index contributed by atoms with van der Waals surface area (Å²) >= 11 is 0. The number of hydrogen-bond donors (Lipinski definition) is 1. The van der Waals surface area contributed by atoms with Crippen LogP contribution in [0.4, 0.5) is 24.7 Å². The second-order valence-corrected chi connectivity index (χ2v) is 6.06. The van der Waals surface area contributed by atoms with Gasteiger partial charge in [-0.15, -0.1) is 0 Å². The quantitative estimate of drug-likeness (QED) is 0.899. The Morgan fingerprint density at radius 2 is 1.69 bits per heavy atom. The van der Waals surface area contributed by atoms with Crippen molar-refractivity contribution in [1.82, 2.24) is 9.55 Å². The summed E-state index contributed by atoms with van der Waals surface area (Å²) in [6.07, 6.45) is -4.37. The Labute approximate surface area is 147 Å². The number of benzene rings is 1. The number of halogens is 3. The first-order valence-electron chi connectivity index (χ1n) is 8.31. The van der Waals surface area contributed by atoms with Crippen molar-refractivity contribution >= 4 is 11.5 Å². The van der Waals surface area contributed by atoms with Gasteiger partial charge in [0.15, 0.2) is 0 Å². The van der Waals surface area contributed by atoms with E-state index < -0.39 is 23.0 Å². The molecular weight excluding hydrogens is 349 g/mol. The van der Waals surface area contributed by atoms with Gasteiger partial charge in [-0.3, -0.25) is 14.3 Å². The van der Waals surface area contributed by atoms with E-state index in [1.165, 1.54) is 16.7 Å². The molecule has 1 N–H and O–H groups in total. The molecule has 6 nitrogen and oxygen atoms in total. The van der Waals surface area contributed by atoms with Gasteiger partial charge in [0.25, 0.3) is 5.56 Å². The minimum absolute atomic E-state index is 0.415. The lowest BCUT2D eigenvalue weighted by molar-refractivity contribution is -0.137. The van der Waals surface area contributed by atoms with Crippen molar-refractivity contribution in [2.45, 2.75) is 19.6 Å². The third-order valence-corrected chi connectivity index (χ3v) is 4.47. The smallest absolute Gasteiger partial charge is 0.368 e. The van der Waals surface area contributed by atoms with E-state index >= 15 is 0 Å². The number of hydrogen-bond acceptors (Lipinski definition) is 4. The summed E-state index contributed by atoms with van der Waals surface area (Å²) in [4.78, 5) is 29.6. The van der Waals surface area contributed by atoms with Gasteiger partial charge in [0.05, 0.1) is 5.56 Å². The van der Waals surface area contributed by atoms with Crippen molar-refractivity contribution in [3.63, 3.8) is 0 Å². The summed E-state index contributed by atoms with van der Waals surface area (Å²) in [5, 5.41) is 0. The zero-order valence-electron chi connectivity index (χ0n) is 14.2. The van der Waals surface area contributed by atoms with Crippen LogP contribution in [0.1, 0.15) is 12.5 Å². The van der Waals surface area contributed by atoms with E-state index in [9.17, 15) is 22.8 Å². The largest absolute Gasteiger partial charge is 0.416 e. The van der Waals surface area contributed by atoms with Crippen molar-refractivity contribution in [2.24, 2.45) is 0 Å². The number of aromatic amines is 1. The number of alkyl halides is 3. The van der Waals surface area contributed by atoms with E-state index in [-0.39, 0.29) is 0 Å². The fraction of sp³-hybridized carbons (Fsp3) is 0.412. The molecule has 1 aromatic heterocycles. The highest BCUT2D eigenvalue weighted by molar-refractivity contribution is 5.51. The van der Waals surface area contributed by atoms with Gasteiger partial charge in [-0.25, -0.2) is 4.79 Å². The summed E-state index contributed by atoms with van der Waals surface area (Å²) in [6, 6.07) is 6.63. The van der Waals surface area contributed by atoms with Crippen LogP contribution in [0.3, 0.4) is 0 Å². The minimum Gasteiger partial charge on any atom is -0.368 e. The van der Waals surface area contributed by atoms with Gasteiger partial charge < -0.3 is 9.80 Å². The molecule has 1 aromatic carbocycles. The first-order valence-corrected chi connectivity index (χ1v) is 8.31. The third-order valence-electron chi connectivity index (χ3n) is 4.47. The Hall–Kier alpha value is -2.71. The third kappa shape index (κ3) is 3.61. The van der Waals surface area contributed by atoms with Crippen LogP contribution in [0.2, 0.25) is 0 Å². The molecule has 1 fully saturated rings. The van der Waals surface area contributed by atoms with Crippen LogP contribution in [-0.2, 0) is 12.7 Å². The summed E-state index contributed by atoms with van der Waals surface area (Å²) in [5.74, 6) is 0.532. The monoisotopic (exact) mass is 368 g/mol. The molecule has 26 heavy (non-hydrogen) atoms. The maximum atomic E-state index is 12.9. The van der Waals surface area contributed by atoms with Gasteiger partial charge in [-0.2, -0.15) is 13.2 Å². The molecule has 0 bridgehead atoms. The molecule has 1 saturated heterocycles. The molecule has 0 radical (unpaired) electrons. The molecule has 0 unspecified atom stereocenters. The first-order chi connectivity index (χ1) is 12.3. The van der Waals surface area contributed by atoms with Crippen LogP contribution in [0.15, 0.2) is 39.9 Å². The molecule has 0 atom stereocenters. The predicted octanol–water partition coefficient (Wildman–Crippen LogP) is 1.90. The molecule has 9 heteroatoms.